The summed E-state index contributed by atoms with van der Waals surface area (Å²) in [5, 5.41) is 3.92. The quantitative estimate of drug-likeness (QED) is 0.622. The summed E-state index contributed by atoms with van der Waals surface area (Å²) in [5.74, 6) is -0.336. The molecule has 0 saturated carbocycles. The highest BCUT2D eigenvalue weighted by Gasteiger charge is 2.25. The summed E-state index contributed by atoms with van der Waals surface area (Å²) >= 11 is 7.44. The highest BCUT2D eigenvalue weighted by Crippen LogP contribution is 2.41. The molecule has 3 aromatic rings. The average Bonchev–Trinajstić information content (AvgIpc) is 3.00. The molecule has 0 radical (unpaired) electrons. The van der Waals surface area contributed by atoms with E-state index in [4.69, 9.17) is 16.6 Å². The second-order valence-electron chi connectivity index (χ2n) is 6.57. The first-order valence-electron chi connectivity index (χ1n) is 7.78. The van der Waals surface area contributed by atoms with E-state index in [0.29, 0.717) is 22.6 Å². The average molecular weight is 377 g/mol. The van der Waals surface area contributed by atoms with Crippen molar-refractivity contribution in [2.45, 2.75) is 26.2 Å². The van der Waals surface area contributed by atoms with Crippen LogP contribution in [0.25, 0.3) is 21.8 Å². The van der Waals surface area contributed by atoms with Crippen LogP contribution < -0.4 is 5.32 Å². The first-order valence-corrected chi connectivity index (χ1v) is 8.97. The number of hydrogen-bond donors (Lipinski definition) is 1. The van der Waals surface area contributed by atoms with Crippen molar-refractivity contribution in [3.05, 3.63) is 46.6 Å². The molecular formula is C18H18ClFN4S. The molecule has 1 N–H and O–H groups in total. The minimum Gasteiger partial charge on any atom is -0.386 e. The lowest BCUT2D eigenvalue weighted by atomic mass is 9.98. The van der Waals surface area contributed by atoms with Crippen LogP contribution in [0.15, 0.2) is 30.5 Å². The highest BCUT2D eigenvalue weighted by atomic mass is 35.5. The molecule has 0 bridgehead atoms. The summed E-state index contributed by atoms with van der Waals surface area (Å²) in [5.41, 5.74) is 1.90. The van der Waals surface area contributed by atoms with Crippen LogP contribution >= 0.6 is 22.9 Å². The van der Waals surface area contributed by atoms with Crippen molar-refractivity contribution in [1.29, 1.82) is 0 Å². The molecule has 0 saturated heterocycles. The van der Waals surface area contributed by atoms with E-state index in [1.165, 1.54) is 11.3 Å². The molecule has 1 aromatic carbocycles. The Labute approximate surface area is 155 Å². The molecule has 0 spiro atoms. The van der Waals surface area contributed by atoms with Crippen LogP contribution in [0, 0.1) is 5.82 Å². The van der Waals surface area contributed by atoms with Crippen molar-refractivity contribution in [3.8, 4) is 21.8 Å². The summed E-state index contributed by atoms with van der Waals surface area (Å²) in [6, 6.07) is 6.98. The number of rotatable bonds is 3. The lowest BCUT2D eigenvalue weighted by Crippen LogP contribution is -2.10. The van der Waals surface area contributed by atoms with Crippen molar-refractivity contribution < 1.29 is 4.39 Å². The summed E-state index contributed by atoms with van der Waals surface area (Å²) in [6.45, 7) is 6.23. The fraction of sp³-hybridized carbons (Fsp3) is 0.278. The van der Waals surface area contributed by atoms with Crippen molar-refractivity contribution in [3.63, 3.8) is 0 Å². The lowest BCUT2D eigenvalue weighted by Gasteiger charge is -2.13. The topological polar surface area (TPSA) is 50.7 Å². The van der Waals surface area contributed by atoms with E-state index in [-0.39, 0.29) is 16.5 Å². The third kappa shape index (κ3) is 3.50. The van der Waals surface area contributed by atoms with Crippen molar-refractivity contribution in [2.24, 2.45) is 0 Å². The Hall–Kier alpha value is -2.05. The van der Waals surface area contributed by atoms with Crippen LogP contribution in [-0.4, -0.2) is 22.0 Å². The molecule has 4 nitrogen and oxygen atoms in total. The van der Waals surface area contributed by atoms with Gasteiger partial charge in [0.15, 0.2) is 5.82 Å². The van der Waals surface area contributed by atoms with Gasteiger partial charge in [0.1, 0.15) is 0 Å². The maximum Gasteiger partial charge on any atom is 0.222 e. The van der Waals surface area contributed by atoms with E-state index >= 15 is 0 Å². The maximum atomic E-state index is 14.9. The third-order valence-corrected chi connectivity index (χ3v) is 5.34. The Morgan fingerprint density at radius 3 is 2.56 bits per heavy atom. The predicted molar refractivity (Wildman–Crippen MR) is 102 cm³/mol. The van der Waals surface area contributed by atoms with Crippen LogP contribution in [0.1, 0.15) is 25.8 Å². The number of halogens is 2. The van der Waals surface area contributed by atoms with Gasteiger partial charge in [-0.15, -0.1) is 11.3 Å². The lowest BCUT2D eigenvalue weighted by molar-refractivity contribution is 0.585. The number of thiazole rings is 1. The first-order chi connectivity index (χ1) is 11.8. The zero-order valence-electron chi connectivity index (χ0n) is 14.4. The van der Waals surface area contributed by atoms with Crippen LogP contribution in [0.4, 0.5) is 10.1 Å². The molecule has 3 rings (SSSR count). The minimum atomic E-state index is -0.336. The van der Waals surface area contributed by atoms with E-state index in [2.05, 4.69) is 36.1 Å². The van der Waals surface area contributed by atoms with E-state index < -0.39 is 0 Å². The van der Waals surface area contributed by atoms with Crippen molar-refractivity contribution in [2.75, 3.05) is 12.4 Å². The van der Waals surface area contributed by atoms with Gasteiger partial charge < -0.3 is 5.32 Å². The first kappa shape index (κ1) is 17.8. The summed E-state index contributed by atoms with van der Waals surface area (Å²) in [6.07, 6.45) is 1.59. The van der Waals surface area contributed by atoms with Gasteiger partial charge in [-0.2, -0.15) is 0 Å². The Morgan fingerprint density at radius 1 is 1.16 bits per heavy atom. The molecule has 0 fully saturated rings. The Kier molecular flexibility index (Phi) is 4.75. The van der Waals surface area contributed by atoms with E-state index in [1.807, 2.05) is 0 Å². The molecule has 7 heteroatoms. The third-order valence-electron chi connectivity index (χ3n) is 3.65. The molecule has 0 amide bonds. The molecule has 130 valence electrons. The summed E-state index contributed by atoms with van der Waals surface area (Å²) in [4.78, 5) is 13.7. The van der Waals surface area contributed by atoms with Gasteiger partial charge in [-0.05, 0) is 29.8 Å². The number of nitrogens with one attached hydrogen (secondary N) is 1. The molecular weight excluding hydrogens is 359 g/mol. The van der Waals surface area contributed by atoms with Crippen LogP contribution in [-0.2, 0) is 5.41 Å². The van der Waals surface area contributed by atoms with Gasteiger partial charge in [0.25, 0.3) is 0 Å². The van der Waals surface area contributed by atoms with Crippen molar-refractivity contribution in [1.82, 2.24) is 15.0 Å². The molecule has 0 unspecified atom stereocenters. The van der Waals surface area contributed by atoms with Gasteiger partial charge in [-0.1, -0.05) is 26.8 Å². The number of anilines is 1. The highest BCUT2D eigenvalue weighted by molar-refractivity contribution is 7.15. The van der Waals surface area contributed by atoms with Gasteiger partial charge >= 0.3 is 0 Å². The van der Waals surface area contributed by atoms with Crippen LogP contribution in [0.2, 0.25) is 5.28 Å². The molecule has 2 heterocycles. The van der Waals surface area contributed by atoms with Gasteiger partial charge in [0.05, 0.1) is 27.0 Å². The van der Waals surface area contributed by atoms with Crippen LogP contribution in [0.5, 0.6) is 0 Å². The molecule has 0 atom stereocenters. The van der Waals surface area contributed by atoms with E-state index in [1.54, 1.807) is 37.5 Å². The Balaban J connectivity index is 2.27. The molecule has 0 aliphatic heterocycles. The summed E-state index contributed by atoms with van der Waals surface area (Å²) < 4.78 is 14.9. The monoisotopic (exact) mass is 376 g/mol. The van der Waals surface area contributed by atoms with Gasteiger partial charge in [0, 0.05) is 24.2 Å². The molecule has 0 aliphatic rings. The fourth-order valence-electron chi connectivity index (χ4n) is 2.37. The molecule has 25 heavy (non-hydrogen) atoms. The van der Waals surface area contributed by atoms with Gasteiger partial charge in [-0.25, -0.2) is 19.3 Å². The summed E-state index contributed by atoms with van der Waals surface area (Å²) in [7, 11) is 1.69. The zero-order chi connectivity index (χ0) is 18.2. The largest absolute Gasteiger partial charge is 0.386 e. The molecule has 2 aromatic heterocycles. The smallest absolute Gasteiger partial charge is 0.222 e. The van der Waals surface area contributed by atoms with E-state index in [0.717, 1.165) is 9.88 Å². The second-order valence-corrected chi connectivity index (χ2v) is 7.91. The van der Waals surface area contributed by atoms with E-state index in [9.17, 15) is 4.39 Å². The zero-order valence-corrected chi connectivity index (χ0v) is 16.0. The predicted octanol–water partition coefficient (Wildman–Crippen LogP) is 5.40. The minimum absolute atomic E-state index is 0.151. The van der Waals surface area contributed by atoms with Crippen molar-refractivity contribution >= 4 is 28.6 Å². The maximum absolute atomic E-state index is 14.9. The van der Waals surface area contributed by atoms with Gasteiger partial charge in [0.2, 0.25) is 5.28 Å². The standard InChI is InChI=1S/C18H18ClFN4S/c1-18(2,3)16-24-14(10-6-5-7-11(21-4)13(10)20)15(25-16)12-8-9-22-17(19)23-12/h5-9,21H,1-4H3. The number of benzene rings is 1. The Morgan fingerprint density at radius 2 is 1.92 bits per heavy atom. The number of hydrogen-bond acceptors (Lipinski definition) is 5. The molecule has 0 aliphatic carbocycles. The Bertz CT molecular complexity index is 918. The SMILES string of the molecule is CNc1cccc(-c2nc(C(C)(C)C)sc2-c2ccnc(Cl)n2)c1F. The van der Waals surface area contributed by atoms with Crippen LogP contribution in [0.3, 0.4) is 0 Å². The number of nitrogens with zero attached hydrogens (tertiary/aromatic N) is 3. The van der Waals surface area contributed by atoms with Gasteiger partial charge in [-0.3, -0.25) is 0 Å². The number of aromatic nitrogens is 3. The second kappa shape index (κ2) is 6.69. The fourth-order valence-corrected chi connectivity index (χ4v) is 3.62. The normalized spacial score (nSPS) is 11.6.